The molecule has 3 heterocycles. The number of nitrogens with one attached hydrogen (secondary N) is 1. The fraction of sp³-hybridized carbons (Fsp3) is 0.500. The van der Waals surface area contributed by atoms with Crippen LogP contribution in [0.4, 0.5) is 5.82 Å². The molecule has 0 spiro atoms. The normalized spacial score (nSPS) is 31.7. The molecular weight excluding hydrogens is 252 g/mol. The number of nitrogens with zero attached hydrogens (tertiary/aromatic N) is 4. The summed E-state index contributed by atoms with van der Waals surface area (Å²) >= 11 is 0. The van der Waals surface area contributed by atoms with Gasteiger partial charge in [-0.25, -0.2) is 15.0 Å². The highest BCUT2D eigenvalue weighted by atomic mass is 16.4. The van der Waals surface area contributed by atoms with Gasteiger partial charge in [0.15, 0.2) is 11.5 Å². The van der Waals surface area contributed by atoms with Crippen LogP contribution in [-0.4, -0.2) is 59.7 Å². The largest absolute Gasteiger partial charge is 0.389 e. The smallest absolute Gasteiger partial charge is 0.166 e. The SMILES string of the molecule is Nc1ncnc2c1ncn2C1NCC(O)C(O)C1O. The van der Waals surface area contributed by atoms with Crippen LogP contribution in [0.15, 0.2) is 12.7 Å². The van der Waals surface area contributed by atoms with Crippen LogP contribution in [0.2, 0.25) is 0 Å². The van der Waals surface area contributed by atoms with E-state index >= 15 is 0 Å². The molecule has 0 aromatic carbocycles. The van der Waals surface area contributed by atoms with E-state index in [2.05, 4.69) is 20.3 Å². The Morgan fingerprint density at radius 3 is 2.79 bits per heavy atom. The third-order valence-corrected chi connectivity index (χ3v) is 3.29. The molecule has 2 aromatic heterocycles. The molecule has 9 nitrogen and oxygen atoms in total. The van der Waals surface area contributed by atoms with Crippen molar-refractivity contribution in [3.8, 4) is 0 Å². The van der Waals surface area contributed by atoms with Crippen LogP contribution < -0.4 is 11.1 Å². The van der Waals surface area contributed by atoms with Gasteiger partial charge in [-0.15, -0.1) is 0 Å². The van der Waals surface area contributed by atoms with Crippen molar-refractivity contribution >= 4 is 17.0 Å². The zero-order valence-corrected chi connectivity index (χ0v) is 9.88. The molecule has 1 fully saturated rings. The molecule has 3 rings (SSSR count). The molecule has 0 bridgehead atoms. The molecular formula is C10H14N6O3. The van der Waals surface area contributed by atoms with Crippen molar-refractivity contribution in [3.05, 3.63) is 12.7 Å². The molecule has 6 N–H and O–H groups in total. The zero-order chi connectivity index (χ0) is 13.6. The second-order valence-electron chi connectivity index (χ2n) is 4.48. The molecule has 1 aliphatic heterocycles. The van der Waals surface area contributed by atoms with Gasteiger partial charge >= 0.3 is 0 Å². The number of anilines is 1. The second kappa shape index (κ2) is 4.38. The first-order valence-electron chi connectivity index (χ1n) is 5.80. The number of fused-ring (bicyclic) bond motifs is 1. The number of aliphatic hydroxyl groups is 3. The number of β-amino-alcohol motifs (C(OH)–C–C–N with tert-alkyl or cyclic N) is 1. The van der Waals surface area contributed by atoms with E-state index in [0.717, 1.165) is 0 Å². The minimum atomic E-state index is -1.23. The Morgan fingerprint density at radius 2 is 2.00 bits per heavy atom. The van der Waals surface area contributed by atoms with E-state index in [4.69, 9.17) is 5.73 Å². The third-order valence-electron chi connectivity index (χ3n) is 3.29. The second-order valence-corrected chi connectivity index (χ2v) is 4.48. The number of imidazole rings is 1. The molecule has 4 atom stereocenters. The van der Waals surface area contributed by atoms with Gasteiger partial charge < -0.3 is 21.1 Å². The Balaban J connectivity index is 2.03. The summed E-state index contributed by atoms with van der Waals surface area (Å²) in [4.78, 5) is 12.0. The van der Waals surface area contributed by atoms with Gasteiger partial charge in [-0.1, -0.05) is 0 Å². The summed E-state index contributed by atoms with van der Waals surface area (Å²) in [6.07, 6.45) is -1.31. The Morgan fingerprint density at radius 1 is 1.21 bits per heavy atom. The molecule has 0 amide bonds. The first-order chi connectivity index (χ1) is 9.09. The van der Waals surface area contributed by atoms with Gasteiger partial charge in [0.1, 0.15) is 30.2 Å². The van der Waals surface area contributed by atoms with Crippen molar-refractivity contribution in [3.63, 3.8) is 0 Å². The number of nitrogen functional groups attached to an aromatic ring is 1. The van der Waals surface area contributed by atoms with Crippen molar-refractivity contribution < 1.29 is 15.3 Å². The first kappa shape index (κ1) is 12.2. The third kappa shape index (κ3) is 1.83. The monoisotopic (exact) mass is 266 g/mol. The maximum absolute atomic E-state index is 10.0. The maximum Gasteiger partial charge on any atom is 0.166 e. The number of hydrogen-bond donors (Lipinski definition) is 5. The summed E-state index contributed by atoms with van der Waals surface area (Å²) in [6, 6.07) is 0. The average molecular weight is 266 g/mol. The standard InChI is InChI=1S/C10H14N6O3/c11-8-5-9(14-2-13-8)16(3-15-5)10-7(19)6(18)4(17)1-12-10/h2-4,6-7,10,12,17-19H,1H2,(H2,11,13,14). The molecule has 0 aliphatic carbocycles. The molecule has 1 saturated heterocycles. The highest BCUT2D eigenvalue weighted by Gasteiger charge is 2.37. The van der Waals surface area contributed by atoms with Gasteiger partial charge in [-0.05, 0) is 0 Å². The Hall–Kier alpha value is -1.81. The van der Waals surface area contributed by atoms with Crippen LogP contribution in [0.5, 0.6) is 0 Å². The molecule has 0 saturated carbocycles. The van der Waals surface area contributed by atoms with Gasteiger partial charge in [-0.3, -0.25) is 9.88 Å². The molecule has 19 heavy (non-hydrogen) atoms. The summed E-state index contributed by atoms with van der Waals surface area (Å²) in [5.41, 5.74) is 6.56. The fourth-order valence-electron chi connectivity index (χ4n) is 2.23. The van der Waals surface area contributed by atoms with Crippen molar-refractivity contribution in [2.24, 2.45) is 0 Å². The molecule has 1 aliphatic rings. The van der Waals surface area contributed by atoms with Gasteiger partial charge in [0.05, 0.1) is 12.4 Å². The van der Waals surface area contributed by atoms with E-state index in [1.54, 1.807) is 4.57 Å². The molecule has 4 unspecified atom stereocenters. The summed E-state index contributed by atoms with van der Waals surface area (Å²) in [5.74, 6) is 0.245. The van der Waals surface area contributed by atoms with Gasteiger partial charge in [0.25, 0.3) is 0 Å². The van der Waals surface area contributed by atoms with E-state index in [-0.39, 0.29) is 12.4 Å². The van der Waals surface area contributed by atoms with Gasteiger partial charge in [0.2, 0.25) is 0 Å². The number of hydrogen-bond acceptors (Lipinski definition) is 8. The van der Waals surface area contributed by atoms with Crippen molar-refractivity contribution in [1.29, 1.82) is 0 Å². The Bertz CT molecular complexity index is 602. The average Bonchev–Trinajstić information content (AvgIpc) is 2.82. The van der Waals surface area contributed by atoms with Crippen LogP contribution in [0.3, 0.4) is 0 Å². The Labute approximate surface area is 107 Å². The number of piperidine rings is 1. The molecule has 102 valence electrons. The lowest BCUT2D eigenvalue weighted by atomic mass is 10.0. The predicted molar refractivity (Wildman–Crippen MR) is 64.8 cm³/mol. The summed E-state index contributed by atoms with van der Waals surface area (Å²) < 4.78 is 1.56. The number of aliphatic hydroxyl groups excluding tert-OH is 3. The minimum Gasteiger partial charge on any atom is -0.389 e. The Kier molecular flexibility index (Phi) is 2.82. The highest BCUT2D eigenvalue weighted by Crippen LogP contribution is 2.23. The quantitative estimate of drug-likeness (QED) is 0.384. The van der Waals surface area contributed by atoms with Crippen molar-refractivity contribution in [2.75, 3.05) is 12.3 Å². The van der Waals surface area contributed by atoms with Crippen molar-refractivity contribution in [1.82, 2.24) is 24.8 Å². The van der Waals surface area contributed by atoms with Crippen LogP contribution in [0, 0.1) is 0 Å². The summed E-state index contributed by atoms with van der Waals surface area (Å²) in [5, 5.41) is 32.1. The highest BCUT2D eigenvalue weighted by molar-refractivity contribution is 5.81. The van der Waals surface area contributed by atoms with E-state index in [1.165, 1.54) is 12.7 Å². The minimum absolute atomic E-state index is 0.156. The first-order valence-corrected chi connectivity index (χ1v) is 5.80. The number of rotatable bonds is 1. The number of nitrogens with two attached hydrogens (primary N) is 1. The van der Waals surface area contributed by atoms with E-state index in [9.17, 15) is 15.3 Å². The van der Waals surface area contributed by atoms with Crippen LogP contribution >= 0.6 is 0 Å². The predicted octanol–water partition coefficient (Wildman–Crippen LogP) is -2.41. The number of aromatic nitrogens is 4. The van der Waals surface area contributed by atoms with E-state index in [0.29, 0.717) is 11.2 Å². The maximum atomic E-state index is 10.0. The van der Waals surface area contributed by atoms with Crippen LogP contribution in [-0.2, 0) is 0 Å². The lowest BCUT2D eigenvalue weighted by Crippen LogP contribution is -2.56. The molecule has 0 radical (unpaired) electrons. The van der Waals surface area contributed by atoms with Gasteiger partial charge in [0, 0.05) is 6.54 Å². The van der Waals surface area contributed by atoms with Crippen molar-refractivity contribution in [2.45, 2.75) is 24.5 Å². The summed E-state index contributed by atoms with van der Waals surface area (Å²) in [7, 11) is 0. The topological polar surface area (TPSA) is 142 Å². The summed E-state index contributed by atoms with van der Waals surface area (Å²) in [6.45, 7) is 0.156. The van der Waals surface area contributed by atoms with Crippen LogP contribution in [0.1, 0.15) is 6.17 Å². The molecule has 9 heteroatoms. The van der Waals surface area contributed by atoms with Crippen LogP contribution in [0.25, 0.3) is 11.2 Å². The lowest BCUT2D eigenvalue weighted by Gasteiger charge is -2.36. The zero-order valence-electron chi connectivity index (χ0n) is 9.88. The molecule has 2 aromatic rings. The van der Waals surface area contributed by atoms with E-state index in [1.807, 2.05) is 0 Å². The lowest BCUT2D eigenvalue weighted by molar-refractivity contribution is -0.107. The van der Waals surface area contributed by atoms with E-state index < -0.39 is 24.5 Å². The fourth-order valence-corrected chi connectivity index (χ4v) is 2.23. The van der Waals surface area contributed by atoms with Gasteiger partial charge in [-0.2, -0.15) is 0 Å².